The van der Waals surface area contributed by atoms with Gasteiger partial charge in [0.05, 0.1) is 6.42 Å². The average Bonchev–Trinajstić information content (AvgIpc) is 2.23. The van der Waals surface area contributed by atoms with Crippen LogP contribution in [0.4, 0.5) is 8.78 Å². The highest BCUT2D eigenvalue weighted by Crippen LogP contribution is 2.09. The van der Waals surface area contributed by atoms with Gasteiger partial charge in [-0.3, -0.25) is 9.59 Å². The van der Waals surface area contributed by atoms with E-state index in [1.54, 1.807) is 0 Å². The summed E-state index contributed by atoms with van der Waals surface area (Å²) in [5.74, 6) is -3.76. The summed E-state index contributed by atoms with van der Waals surface area (Å²) in [6.45, 7) is 1.31. The fourth-order valence-corrected chi connectivity index (χ4v) is 1.19. The van der Waals surface area contributed by atoms with E-state index in [0.717, 1.165) is 12.1 Å². The van der Waals surface area contributed by atoms with Crippen molar-refractivity contribution in [1.29, 1.82) is 0 Å². The van der Waals surface area contributed by atoms with E-state index in [-0.39, 0.29) is 12.0 Å². The maximum atomic E-state index is 12.8. The van der Waals surface area contributed by atoms with Crippen molar-refractivity contribution in [3.05, 3.63) is 35.4 Å². The average molecular weight is 243 g/mol. The van der Waals surface area contributed by atoms with Gasteiger partial charge < -0.3 is 10.4 Å². The predicted octanol–water partition coefficient (Wildman–Crippen LogP) is 1.10. The molecule has 2 N–H and O–H groups in total. The second-order valence-electron chi connectivity index (χ2n) is 3.55. The Labute approximate surface area is 96.3 Å². The molecule has 0 bridgehead atoms. The number of carbonyl (C=O) groups excluding carboxylic acids is 1. The number of nitrogens with one attached hydrogen (secondary N) is 1. The first-order valence-electron chi connectivity index (χ1n) is 4.86. The number of hydrogen-bond acceptors (Lipinski definition) is 2. The Hall–Kier alpha value is -1.98. The zero-order valence-electron chi connectivity index (χ0n) is 9.04. The highest BCUT2D eigenvalue weighted by Gasteiger charge is 2.14. The summed E-state index contributed by atoms with van der Waals surface area (Å²) in [4.78, 5) is 21.8. The number of halogens is 2. The summed E-state index contributed by atoms with van der Waals surface area (Å²) in [5.41, 5.74) is 0.277. The third kappa shape index (κ3) is 3.82. The Morgan fingerprint density at radius 2 is 2.00 bits per heavy atom. The van der Waals surface area contributed by atoms with Crippen LogP contribution in [0.15, 0.2) is 18.2 Å². The van der Waals surface area contributed by atoms with Crippen LogP contribution < -0.4 is 5.32 Å². The Bertz CT molecular complexity index is 448. The van der Waals surface area contributed by atoms with Crippen LogP contribution in [0.2, 0.25) is 0 Å². The van der Waals surface area contributed by atoms with E-state index >= 15 is 0 Å². The summed E-state index contributed by atoms with van der Waals surface area (Å²) in [7, 11) is 0. The van der Waals surface area contributed by atoms with Gasteiger partial charge in [0.1, 0.15) is 6.04 Å². The molecular weight excluding hydrogens is 232 g/mol. The molecule has 1 amide bonds. The van der Waals surface area contributed by atoms with Crippen molar-refractivity contribution in [2.45, 2.75) is 19.4 Å². The molecule has 0 heterocycles. The zero-order chi connectivity index (χ0) is 13.0. The van der Waals surface area contributed by atoms with E-state index in [1.165, 1.54) is 13.0 Å². The van der Waals surface area contributed by atoms with Gasteiger partial charge in [0.15, 0.2) is 11.6 Å². The van der Waals surface area contributed by atoms with Crippen LogP contribution in [0.5, 0.6) is 0 Å². The van der Waals surface area contributed by atoms with Crippen molar-refractivity contribution < 1.29 is 23.5 Å². The molecule has 0 spiro atoms. The standard InChI is InChI=1S/C11H11F2NO3/c1-6(11(16)17)14-10(15)5-7-2-3-8(12)9(13)4-7/h2-4,6H,5H2,1H3,(H,14,15)(H,16,17)/t6-/m1/s1. The molecule has 1 atom stereocenters. The smallest absolute Gasteiger partial charge is 0.325 e. The van der Waals surface area contributed by atoms with E-state index in [9.17, 15) is 18.4 Å². The van der Waals surface area contributed by atoms with Crippen molar-refractivity contribution in [2.24, 2.45) is 0 Å². The molecule has 0 fully saturated rings. The molecule has 1 aromatic rings. The second-order valence-corrected chi connectivity index (χ2v) is 3.55. The zero-order valence-corrected chi connectivity index (χ0v) is 9.04. The van der Waals surface area contributed by atoms with Gasteiger partial charge in [-0.1, -0.05) is 6.07 Å². The summed E-state index contributed by atoms with van der Waals surface area (Å²) in [5, 5.41) is 10.8. The maximum absolute atomic E-state index is 12.8. The third-order valence-electron chi connectivity index (χ3n) is 2.10. The molecule has 92 valence electrons. The number of hydrogen-bond donors (Lipinski definition) is 2. The van der Waals surface area contributed by atoms with Gasteiger partial charge in [0.25, 0.3) is 0 Å². The molecule has 0 saturated heterocycles. The molecule has 17 heavy (non-hydrogen) atoms. The predicted molar refractivity (Wildman–Crippen MR) is 55.3 cm³/mol. The van der Waals surface area contributed by atoms with Gasteiger partial charge in [-0.25, -0.2) is 8.78 Å². The molecular formula is C11H11F2NO3. The molecule has 0 aliphatic rings. The van der Waals surface area contributed by atoms with Crippen LogP contribution in [0.25, 0.3) is 0 Å². The first kappa shape index (κ1) is 13.1. The molecule has 0 aliphatic carbocycles. The van der Waals surface area contributed by atoms with Gasteiger partial charge in [0.2, 0.25) is 5.91 Å². The fourth-order valence-electron chi connectivity index (χ4n) is 1.19. The number of carbonyl (C=O) groups is 2. The molecule has 0 saturated carbocycles. The molecule has 0 radical (unpaired) electrons. The first-order chi connectivity index (χ1) is 7.90. The van der Waals surface area contributed by atoms with Crippen LogP contribution in [-0.2, 0) is 16.0 Å². The van der Waals surface area contributed by atoms with E-state index < -0.39 is 29.6 Å². The number of carboxylic acid groups (broad SMARTS) is 1. The van der Waals surface area contributed by atoms with E-state index in [1.807, 2.05) is 0 Å². The fraction of sp³-hybridized carbons (Fsp3) is 0.273. The lowest BCUT2D eigenvalue weighted by atomic mass is 10.1. The van der Waals surface area contributed by atoms with Crippen LogP contribution in [-0.4, -0.2) is 23.0 Å². The van der Waals surface area contributed by atoms with Crippen LogP contribution >= 0.6 is 0 Å². The SMILES string of the molecule is C[C@@H](NC(=O)Cc1ccc(F)c(F)c1)C(=O)O. The van der Waals surface area contributed by atoms with E-state index in [4.69, 9.17) is 5.11 Å². The van der Waals surface area contributed by atoms with Crippen LogP contribution in [0, 0.1) is 11.6 Å². The highest BCUT2D eigenvalue weighted by molar-refractivity contribution is 5.84. The summed E-state index contributed by atoms with van der Waals surface area (Å²) in [6, 6.07) is 2.07. The lowest BCUT2D eigenvalue weighted by molar-refractivity contribution is -0.141. The number of carboxylic acids is 1. The Kier molecular flexibility index (Phi) is 4.14. The van der Waals surface area contributed by atoms with Crippen LogP contribution in [0.1, 0.15) is 12.5 Å². The first-order valence-corrected chi connectivity index (χ1v) is 4.86. The minimum atomic E-state index is -1.16. The molecule has 0 aromatic heterocycles. The second kappa shape index (κ2) is 5.38. The molecule has 6 heteroatoms. The third-order valence-corrected chi connectivity index (χ3v) is 2.10. The monoisotopic (exact) mass is 243 g/mol. The molecule has 1 rings (SSSR count). The Balaban J connectivity index is 2.62. The largest absolute Gasteiger partial charge is 0.480 e. The molecule has 0 unspecified atom stereocenters. The topological polar surface area (TPSA) is 66.4 Å². The van der Waals surface area contributed by atoms with Crippen LogP contribution in [0.3, 0.4) is 0 Å². The van der Waals surface area contributed by atoms with Gasteiger partial charge in [-0.2, -0.15) is 0 Å². The maximum Gasteiger partial charge on any atom is 0.325 e. The van der Waals surface area contributed by atoms with Crippen molar-refractivity contribution in [3.8, 4) is 0 Å². The van der Waals surface area contributed by atoms with Crippen molar-refractivity contribution in [3.63, 3.8) is 0 Å². The minimum Gasteiger partial charge on any atom is -0.480 e. The van der Waals surface area contributed by atoms with Gasteiger partial charge >= 0.3 is 5.97 Å². The van der Waals surface area contributed by atoms with Gasteiger partial charge in [-0.15, -0.1) is 0 Å². The number of amides is 1. The van der Waals surface area contributed by atoms with Gasteiger partial charge in [0, 0.05) is 0 Å². The lowest BCUT2D eigenvalue weighted by Crippen LogP contribution is -2.39. The number of rotatable bonds is 4. The van der Waals surface area contributed by atoms with Crippen molar-refractivity contribution in [2.75, 3.05) is 0 Å². The van der Waals surface area contributed by atoms with E-state index in [2.05, 4.69) is 5.32 Å². The summed E-state index contributed by atoms with van der Waals surface area (Å²) in [6.07, 6.45) is -0.200. The quantitative estimate of drug-likeness (QED) is 0.832. The number of aliphatic carboxylic acids is 1. The summed E-state index contributed by atoms with van der Waals surface area (Å²) >= 11 is 0. The normalized spacial score (nSPS) is 11.9. The van der Waals surface area contributed by atoms with Crippen molar-refractivity contribution >= 4 is 11.9 Å². The Morgan fingerprint density at radius 3 is 2.53 bits per heavy atom. The van der Waals surface area contributed by atoms with Gasteiger partial charge in [-0.05, 0) is 24.6 Å². The Morgan fingerprint density at radius 1 is 1.35 bits per heavy atom. The van der Waals surface area contributed by atoms with Crippen molar-refractivity contribution in [1.82, 2.24) is 5.32 Å². The summed E-state index contributed by atoms with van der Waals surface area (Å²) < 4.78 is 25.4. The van der Waals surface area contributed by atoms with E-state index in [0.29, 0.717) is 0 Å². The lowest BCUT2D eigenvalue weighted by Gasteiger charge is -2.09. The molecule has 1 aromatic carbocycles. The molecule has 4 nitrogen and oxygen atoms in total. The highest BCUT2D eigenvalue weighted by atomic mass is 19.2. The number of benzene rings is 1. The minimum absolute atomic E-state index is 0.200. The molecule has 0 aliphatic heterocycles.